The number of carbonyl (C=O) groups excluding carboxylic acids is 1. The molecule has 2 unspecified atom stereocenters. The van der Waals surface area contributed by atoms with E-state index in [2.05, 4.69) is 5.32 Å². The lowest BCUT2D eigenvalue weighted by atomic mass is 9.87. The fourth-order valence-corrected chi connectivity index (χ4v) is 2.14. The van der Waals surface area contributed by atoms with Gasteiger partial charge in [-0.15, -0.1) is 0 Å². The third kappa shape index (κ3) is 2.58. The maximum Gasteiger partial charge on any atom is 0.306 e. The zero-order valence-electron chi connectivity index (χ0n) is 9.89. The molecule has 1 amide bonds. The van der Waals surface area contributed by atoms with Crippen molar-refractivity contribution in [3.05, 3.63) is 0 Å². The van der Waals surface area contributed by atoms with E-state index in [0.717, 1.165) is 6.54 Å². The first-order valence-electron chi connectivity index (χ1n) is 5.93. The zero-order valence-corrected chi connectivity index (χ0v) is 9.89. The van der Waals surface area contributed by atoms with E-state index < -0.39 is 12.1 Å². The van der Waals surface area contributed by atoms with Crippen molar-refractivity contribution in [2.24, 2.45) is 11.8 Å². The normalized spacial score (nSPS) is 27.4. The molecule has 2 aliphatic rings. The molecular weight excluding hydrogens is 224 g/mol. The van der Waals surface area contributed by atoms with Gasteiger partial charge < -0.3 is 20.1 Å². The standard InChI is InChI=1S/C11H18N2O4/c1-7(11(15)16)8-5-13(6-8)10(14)9-4-12-2-3-17-9/h7-9,12H,2-6H2,1H3,(H,15,16). The SMILES string of the molecule is CC(C(=O)O)C1CN(C(=O)C2CNCCO2)C1. The summed E-state index contributed by atoms with van der Waals surface area (Å²) in [4.78, 5) is 24.4. The summed E-state index contributed by atoms with van der Waals surface area (Å²) >= 11 is 0. The van der Waals surface area contributed by atoms with Gasteiger partial charge in [-0.25, -0.2) is 0 Å². The molecule has 2 fully saturated rings. The fourth-order valence-electron chi connectivity index (χ4n) is 2.14. The molecule has 0 aromatic carbocycles. The molecular formula is C11H18N2O4. The highest BCUT2D eigenvalue weighted by atomic mass is 16.5. The summed E-state index contributed by atoms with van der Waals surface area (Å²) in [6.45, 7) is 4.64. The van der Waals surface area contributed by atoms with Crippen LogP contribution in [-0.2, 0) is 14.3 Å². The van der Waals surface area contributed by atoms with Gasteiger partial charge >= 0.3 is 5.97 Å². The van der Waals surface area contributed by atoms with Crippen molar-refractivity contribution in [3.63, 3.8) is 0 Å². The Morgan fingerprint density at radius 3 is 2.71 bits per heavy atom. The van der Waals surface area contributed by atoms with Crippen LogP contribution in [0.2, 0.25) is 0 Å². The first kappa shape index (κ1) is 12.3. The minimum absolute atomic E-state index is 0.0222. The largest absolute Gasteiger partial charge is 0.481 e. The van der Waals surface area contributed by atoms with Gasteiger partial charge in [0, 0.05) is 32.1 Å². The van der Waals surface area contributed by atoms with Gasteiger partial charge in [-0.1, -0.05) is 6.92 Å². The van der Waals surface area contributed by atoms with E-state index in [1.807, 2.05) is 0 Å². The van der Waals surface area contributed by atoms with Crippen molar-refractivity contribution in [1.82, 2.24) is 10.2 Å². The second-order valence-corrected chi connectivity index (χ2v) is 4.69. The first-order chi connectivity index (χ1) is 8.09. The predicted octanol–water partition coefficient (Wildman–Crippen LogP) is -0.846. The molecule has 6 nitrogen and oxygen atoms in total. The van der Waals surface area contributed by atoms with Gasteiger partial charge in [-0.05, 0) is 0 Å². The number of likely N-dealkylation sites (tertiary alicyclic amines) is 1. The van der Waals surface area contributed by atoms with E-state index in [1.165, 1.54) is 0 Å². The van der Waals surface area contributed by atoms with E-state index >= 15 is 0 Å². The van der Waals surface area contributed by atoms with Crippen LogP contribution in [0.1, 0.15) is 6.92 Å². The molecule has 0 bridgehead atoms. The van der Waals surface area contributed by atoms with Crippen molar-refractivity contribution in [2.75, 3.05) is 32.8 Å². The Hall–Kier alpha value is -1.14. The molecule has 2 N–H and O–H groups in total. The number of carbonyl (C=O) groups is 2. The predicted molar refractivity (Wildman–Crippen MR) is 59.5 cm³/mol. The quantitative estimate of drug-likeness (QED) is 0.674. The van der Waals surface area contributed by atoms with Gasteiger partial charge in [-0.2, -0.15) is 0 Å². The molecule has 17 heavy (non-hydrogen) atoms. The zero-order chi connectivity index (χ0) is 12.4. The number of rotatable bonds is 3. The summed E-state index contributed by atoms with van der Waals surface area (Å²) in [6.07, 6.45) is -0.398. The lowest BCUT2D eigenvalue weighted by Gasteiger charge is -2.43. The second kappa shape index (κ2) is 5.01. The molecule has 0 spiro atoms. The van der Waals surface area contributed by atoms with E-state index in [-0.39, 0.29) is 17.7 Å². The number of amides is 1. The highest BCUT2D eigenvalue weighted by Gasteiger charge is 2.39. The molecule has 0 aromatic rings. The Bertz CT molecular complexity index is 309. The lowest BCUT2D eigenvalue weighted by Crippen LogP contribution is -2.58. The maximum atomic E-state index is 11.9. The molecule has 6 heteroatoms. The van der Waals surface area contributed by atoms with Gasteiger partial charge in [0.05, 0.1) is 12.5 Å². The number of ether oxygens (including phenoxy) is 1. The Morgan fingerprint density at radius 2 is 2.18 bits per heavy atom. The summed E-state index contributed by atoms with van der Waals surface area (Å²) in [7, 11) is 0. The molecule has 0 radical (unpaired) electrons. The number of hydrogen-bond acceptors (Lipinski definition) is 4. The Kier molecular flexibility index (Phi) is 3.63. The van der Waals surface area contributed by atoms with Crippen molar-refractivity contribution in [1.29, 1.82) is 0 Å². The number of nitrogens with one attached hydrogen (secondary N) is 1. The van der Waals surface area contributed by atoms with Crippen LogP contribution >= 0.6 is 0 Å². The van der Waals surface area contributed by atoms with Crippen LogP contribution in [0.3, 0.4) is 0 Å². The Morgan fingerprint density at radius 1 is 1.47 bits per heavy atom. The lowest BCUT2D eigenvalue weighted by molar-refractivity contribution is -0.157. The minimum Gasteiger partial charge on any atom is -0.481 e. The number of hydrogen-bond donors (Lipinski definition) is 2. The maximum absolute atomic E-state index is 11.9. The summed E-state index contributed by atoms with van der Waals surface area (Å²) in [5, 5.41) is 12.0. The number of carboxylic acid groups (broad SMARTS) is 1. The van der Waals surface area contributed by atoms with Crippen LogP contribution in [0, 0.1) is 11.8 Å². The third-order valence-electron chi connectivity index (χ3n) is 3.52. The Balaban J connectivity index is 1.78. The van der Waals surface area contributed by atoms with Crippen LogP contribution in [0.5, 0.6) is 0 Å². The molecule has 96 valence electrons. The molecule has 0 saturated carbocycles. The van der Waals surface area contributed by atoms with Gasteiger partial charge in [-0.3, -0.25) is 9.59 Å². The monoisotopic (exact) mass is 242 g/mol. The van der Waals surface area contributed by atoms with Crippen LogP contribution in [0.4, 0.5) is 0 Å². The first-order valence-corrected chi connectivity index (χ1v) is 5.93. The number of nitrogens with zero attached hydrogens (tertiary/aromatic N) is 1. The summed E-state index contributed by atoms with van der Waals surface area (Å²) in [5.74, 6) is -1.12. The average Bonchev–Trinajstić information content (AvgIpc) is 2.27. The van der Waals surface area contributed by atoms with Crippen molar-refractivity contribution in [3.8, 4) is 0 Å². The molecule has 2 rings (SSSR count). The molecule has 0 aliphatic carbocycles. The third-order valence-corrected chi connectivity index (χ3v) is 3.52. The van der Waals surface area contributed by atoms with Gasteiger partial charge in [0.15, 0.2) is 0 Å². The molecule has 2 heterocycles. The molecule has 0 aromatic heterocycles. The summed E-state index contributed by atoms with van der Waals surface area (Å²) in [5.41, 5.74) is 0. The number of carboxylic acids is 1. The van der Waals surface area contributed by atoms with Crippen LogP contribution in [0.25, 0.3) is 0 Å². The minimum atomic E-state index is -0.794. The summed E-state index contributed by atoms with van der Waals surface area (Å²) in [6, 6.07) is 0. The molecule has 2 saturated heterocycles. The van der Waals surface area contributed by atoms with Crippen molar-refractivity contribution in [2.45, 2.75) is 13.0 Å². The van der Waals surface area contributed by atoms with E-state index in [4.69, 9.17) is 9.84 Å². The number of morpholine rings is 1. The van der Waals surface area contributed by atoms with Gasteiger partial charge in [0.2, 0.25) is 0 Å². The summed E-state index contributed by atoms with van der Waals surface area (Å²) < 4.78 is 5.37. The van der Waals surface area contributed by atoms with E-state index in [0.29, 0.717) is 26.2 Å². The van der Waals surface area contributed by atoms with Crippen molar-refractivity contribution >= 4 is 11.9 Å². The molecule has 2 aliphatic heterocycles. The number of aliphatic carboxylic acids is 1. The van der Waals surface area contributed by atoms with Gasteiger partial charge in [0.25, 0.3) is 5.91 Å². The fraction of sp³-hybridized carbons (Fsp3) is 0.818. The van der Waals surface area contributed by atoms with E-state index in [9.17, 15) is 9.59 Å². The van der Waals surface area contributed by atoms with E-state index in [1.54, 1.807) is 11.8 Å². The smallest absolute Gasteiger partial charge is 0.306 e. The molecule has 2 atom stereocenters. The van der Waals surface area contributed by atoms with Crippen LogP contribution < -0.4 is 5.32 Å². The van der Waals surface area contributed by atoms with Crippen LogP contribution in [0.15, 0.2) is 0 Å². The average molecular weight is 242 g/mol. The second-order valence-electron chi connectivity index (χ2n) is 4.69. The highest BCUT2D eigenvalue weighted by Crippen LogP contribution is 2.25. The van der Waals surface area contributed by atoms with Gasteiger partial charge in [0.1, 0.15) is 6.10 Å². The topological polar surface area (TPSA) is 78.9 Å². The van der Waals surface area contributed by atoms with Crippen LogP contribution in [-0.4, -0.2) is 60.8 Å². The highest BCUT2D eigenvalue weighted by molar-refractivity contribution is 5.82. The Labute approximate surface area is 99.9 Å². The van der Waals surface area contributed by atoms with Crippen molar-refractivity contribution < 1.29 is 19.4 Å².